The molecular formula is C33H35ClO11. The van der Waals surface area contributed by atoms with Gasteiger partial charge in [-0.2, -0.15) is 0 Å². The van der Waals surface area contributed by atoms with Gasteiger partial charge in [0.25, 0.3) is 5.78 Å². The van der Waals surface area contributed by atoms with E-state index in [4.69, 9.17) is 30.5 Å². The highest BCUT2D eigenvalue weighted by Crippen LogP contribution is 2.64. The van der Waals surface area contributed by atoms with E-state index in [1.807, 2.05) is 19.9 Å². The number of carbonyl (C=O) groups excluding carboxylic acids is 3. The molecule has 1 aromatic rings. The normalized spacial score (nSPS) is 36.7. The molecule has 4 N–H and O–H groups in total. The fraction of sp³-hybridized carbons (Fsp3) is 0.485. The molecule has 1 spiro atoms. The number of hydrogen-bond acceptors (Lipinski definition) is 11. The number of rotatable bonds is 5. The molecule has 45 heavy (non-hydrogen) atoms. The van der Waals surface area contributed by atoms with Crippen molar-refractivity contribution in [1.29, 1.82) is 0 Å². The molecular weight excluding hydrogens is 608 g/mol. The van der Waals surface area contributed by atoms with Crippen molar-refractivity contribution in [3.63, 3.8) is 0 Å². The number of Topliss-reactive ketones (excluding diaryl/α,β-unsaturated/α-hetero) is 2. The zero-order valence-corrected chi connectivity index (χ0v) is 26.2. The van der Waals surface area contributed by atoms with E-state index in [0.29, 0.717) is 23.1 Å². The molecule has 12 heteroatoms. The third-order valence-electron chi connectivity index (χ3n) is 9.65. The second kappa shape index (κ2) is 10.5. The fourth-order valence-electron chi connectivity index (χ4n) is 7.67. The van der Waals surface area contributed by atoms with Gasteiger partial charge in [-0.25, -0.2) is 4.79 Å². The number of benzene rings is 1. The number of ether oxygens (including phenoxy) is 4. The summed E-state index contributed by atoms with van der Waals surface area (Å²) < 4.78 is 23.7. The number of aliphatic hydroxyl groups excluding tert-OH is 3. The van der Waals surface area contributed by atoms with Crippen LogP contribution in [0.1, 0.15) is 56.0 Å². The maximum absolute atomic E-state index is 14.3. The van der Waals surface area contributed by atoms with Crippen LogP contribution < -0.4 is 4.74 Å². The number of hydrogen-bond donors (Lipinski definition) is 4. The molecule has 6 rings (SSSR count). The number of epoxide rings is 1. The van der Waals surface area contributed by atoms with Crippen LogP contribution >= 0.6 is 11.6 Å². The lowest BCUT2D eigenvalue weighted by Crippen LogP contribution is -2.71. The van der Waals surface area contributed by atoms with E-state index in [2.05, 4.69) is 0 Å². The molecule has 3 aliphatic carbocycles. The molecule has 0 aromatic heterocycles. The van der Waals surface area contributed by atoms with Gasteiger partial charge >= 0.3 is 11.8 Å². The maximum Gasteiger partial charge on any atom is 0.349 e. The molecule has 1 aromatic carbocycles. The zero-order valence-electron chi connectivity index (χ0n) is 25.5. The van der Waals surface area contributed by atoms with Gasteiger partial charge in [0.1, 0.15) is 57.7 Å². The lowest BCUT2D eigenvalue weighted by molar-refractivity contribution is -0.232. The highest BCUT2D eigenvalue weighted by Gasteiger charge is 2.76. The Balaban J connectivity index is 1.65. The SMILES string of the molecule is COC1=C(Cl)C(=O)[C@]2(OC(=O)c3c(O)cc(C)cc3O2)[C@]2(C(=O)CO)CC(C)=CC(=C3C[C@H](O)[C@@H]4O[C@]4(CC=C(C)C)[C@@H]3O)[C@H]12. The Morgan fingerprint density at radius 3 is 2.53 bits per heavy atom. The summed E-state index contributed by atoms with van der Waals surface area (Å²) in [5, 5.41) is 43.5. The molecule has 2 aliphatic heterocycles. The molecule has 1 saturated carbocycles. The average molecular weight is 643 g/mol. The summed E-state index contributed by atoms with van der Waals surface area (Å²) in [4.78, 5) is 42.2. The molecule has 0 radical (unpaired) electrons. The largest absolute Gasteiger partial charge is 0.507 e. The van der Waals surface area contributed by atoms with Crippen LogP contribution in [0.3, 0.4) is 0 Å². The fourth-order valence-corrected chi connectivity index (χ4v) is 7.98. The third kappa shape index (κ3) is 4.21. The summed E-state index contributed by atoms with van der Waals surface area (Å²) >= 11 is 6.70. The second-order valence-electron chi connectivity index (χ2n) is 12.8. The molecule has 2 fully saturated rings. The summed E-state index contributed by atoms with van der Waals surface area (Å²) in [6, 6.07) is 2.74. The Morgan fingerprint density at radius 1 is 1.18 bits per heavy atom. The summed E-state index contributed by atoms with van der Waals surface area (Å²) in [7, 11) is 1.26. The van der Waals surface area contributed by atoms with Crippen molar-refractivity contribution in [2.45, 2.75) is 76.7 Å². The van der Waals surface area contributed by atoms with Gasteiger partial charge in [-0.05, 0) is 63.0 Å². The maximum atomic E-state index is 14.3. The lowest BCUT2D eigenvalue weighted by atomic mass is 9.53. The van der Waals surface area contributed by atoms with E-state index < -0.39 is 76.0 Å². The average Bonchev–Trinajstić information content (AvgIpc) is 3.73. The minimum absolute atomic E-state index is 0.0481. The molecule has 2 heterocycles. The lowest BCUT2D eigenvalue weighted by Gasteiger charge is -2.56. The highest BCUT2D eigenvalue weighted by atomic mass is 35.5. The Hall–Kier alpha value is -3.48. The molecule has 240 valence electrons. The minimum atomic E-state index is -2.74. The van der Waals surface area contributed by atoms with Crippen molar-refractivity contribution in [3.05, 3.63) is 68.5 Å². The molecule has 5 aliphatic rings. The number of aryl methyl sites for hydroxylation is 1. The number of phenolic OH excluding ortho intramolecular Hbond substituents is 1. The van der Waals surface area contributed by atoms with Gasteiger partial charge in [0, 0.05) is 12.8 Å². The van der Waals surface area contributed by atoms with Gasteiger partial charge in [-0.1, -0.05) is 34.9 Å². The third-order valence-corrected chi connectivity index (χ3v) is 10.0. The Bertz CT molecular complexity index is 1670. The van der Waals surface area contributed by atoms with Crippen LogP contribution in [0, 0.1) is 18.3 Å². The van der Waals surface area contributed by atoms with Gasteiger partial charge in [-0.3, -0.25) is 9.59 Å². The number of ketones is 2. The molecule has 0 bridgehead atoms. The van der Waals surface area contributed by atoms with E-state index in [1.54, 1.807) is 19.9 Å². The summed E-state index contributed by atoms with van der Waals surface area (Å²) in [6.45, 7) is 6.05. The minimum Gasteiger partial charge on any atom is -0.507 e. The van der Waals surface area contributed by atoms with Crippen LogP contribution in [0.15, 0.2) is 57.4 Å². The topological polar surface area (TPSA) is 172 Å². The van der Waals surface area contributed by atoms with Gasteiger partial charge in [0.15, 0.2) is 5.78 Å². The Morgan fingerprint density at radius 2 is 1.89 bits per heavy atom. The van der Waals surface area contributed by atoms with Crippen molar-refractivity contribution in [1.82, 2.24) is 0 Å². The molecule has 1 saturated heterocycles. The van der Waals surface area contributed by atoms with Crippen molar-refractivity contribution in [2.75, 3.05) is 13.7 Å². The molecule has 7 atom stereocenters. The predicted molar refractivity (Wildman–Crippen MR) is 158 cm³/mol. The number of esters is 1. The van der Waals surface area contributed by atoms with Crippen LogP contribution in [-0.4, -0.2) is 81.4 Å². The smallest absolute Gasteiger partial charge is 0.349 e. The monoisotopic (exact) mass is 642 g/mol. The first-order valence-electron chi connectivity index (χ1n) is 14.6. The number of carbonyl (C=O) groups is 3. The van der Waals surface area contributed by atoms with Gasteiger partial charge in [0.05, 0.1) is 19.1 Å². The van der Waals surface area contributed by atoms with Crippen molar-refractivity contribution >= 4 is 29.1 Å². The molecule has 0 unspecified atom stereocenters. The molecule has 0 amide bonds. The van der Waals surface area contributed by atoms with Crippen molar-refractivity contribution < 1.29 is 53.8 Å². The zero-order chi connectivity index (χ0) is 32.8. The standard InChI is InChI=1S/C33H35ClO11/c1-14(2)6-7-32-27(39)18(11-20(37)29(32)44-32)17-8-16(4)12-31(22(38)13-35)24(17)26(42-5)25(34)28(40)33(31)43-21-10-15(3)9-19(36)23(21)30(41)45-33/h6,8-10,20,24,27,29,35-37,39H,7,11-13H2,1-5H3/t20-,24+,27+,29-,31-,32+,33-/m0/s1. The van der Waals surface area contributed by atoms with Gasteiger partial charge in [0.2, 0.25) is 0 Å². The van der Waals surface area contributed by atoms with E-state index in [9.17, 15) is 34.8 Å². The van der Waals surface area contributed by atoms with Crippen LogP contribution in [0.25, 0.3) is 0 Å². The Labute approximate surface area is 264 Å². The summed E-state index contributed by atoms with van der Waals surface area (Å²) in [5.74, 6) is -8.02. The first-order chi connectivity index (χ1) is 21.2. The predicted octanol–water partition coefficient (Wildman–Crippen LogP) is 3.06. The quantitative estimate of drug-likeness (QED) is 0.211. The van der Waals surface area contributed by atoms with Crippen LogP contribution in [0.2, 0.25) is 0 Å². The highest BCUT2D eigenvalue weighted by molar-refractivity contribution is 6.44. The Kier molecular flexibility index (Phi) is 7.37. The first kappa shape index (κ1) is 31.5. The second-order valence-corrected chi connectivity index (χ2v) is 13.1. The first-order valence-corrected chi connectivity index (χ1v) is 15.0. The van der Waals surface area contributed by atoms with E-state index in [0.717, 1.165) is 5.57 Å². The number of fused-ring (bicyclic) bond motifs is 4. The van der Waals surface area contributed by atoms with Crippen molar-refractivity contribution in [2.24, 2.45) is 11.3 Å². The number of aliphatic hydroxyl groups is 3. The summed E-state index contributed by atoms with van der Waals surface area (Å²) in [5.41, 5.74) is -1.06. The number of methoxy groups -OCH3 is 1. The van der Waals surface area contributed by atoms with Crippen LogP contribution in [0.4, 0.5) is 0 Å². The number of halogens is 1. The van der Waals surface area contributed by atoms with E-state index in [-0.39, 0.29) is 35.5 Å². The number of phenols is 1. The van der Waals surface area contributed by atoms with Gasteiger partial charge < -0.3 is 39.4 Å². The van der Waals surface area contributed by atoms with E-state index >= 15 is 0 Å². The van der Waals surface area contributed by atoms with Crippen molar-refractivity contribution in [3.8, 4) is 11.5 Å². The van der Waals surface area contributed by atoms with Gasteiger partial charge in [-0.15, -0.1) is 0 Å². The van der Waals surface area contributed by atoms with E-state index in [1.165, 1.54) is 19.2 Å². The van der Waals surface area contributed by atoms with Crippen LogP contribution in [-0.2, 0) is 23.8 Å². The number of aromatic hydroxyl groups is 1. The summed E-state index contributed by atoms with van der Waals surface area (Å²) in [6.07, 6.45) is 0.760. The molecule has 11 nitrogen and oxygen atoms in total. The van der Waals surface area contributed by atoms with Crippen LogP contribution in [0.5, 0.6) is 11.5 Å². The number of allylic oxidation sites excluding steroid dienone is 4.